The molecule has 0 aliphatic carbocycles. The average Bonchev–Trinajstić information content (AvgIpc) is 2.47. The van der Waals surface area contributed by atoms with Crippen molar-refractivity contribution in [2.24, 2.45) is 0 Å². The number of hydrogen-bond acceptors (Lipinski definition) is 3. The second kappa shape index (κ2) is 6.50. The quantitative estimate of drug-likeness (QED) is 0.691. The smallest absolute Gasteiger partial charge is 0.255 e. The Morgan fingerprint density at radius 3 is 2.38 bits per heavy atom. The van der Waals surface area contributed by atoms with Gasteiger partial charge < -0.3 is 5.32 Å². The molecule has 0 aliphatic rings. The number of carbonyl (C=O) groups is 2. The van der Waals surface area contributed by atoms with Gasteiger partial charge in [-0.25, -0.2) is 4.98 Å². The van der Waals surface area contributed by atoms with E-state index in [2.05, 4.69) is 10.3 Å². The highest BCUT2D eigenvalue weighted by Gasteiger charge is 2.09. The van der Waals surface area contributed by atoms with E-state index in [4.69, 9.17) is 11.6 Å². The van der Waals surface area contributed by atoms with Crippen molar-refractivity contribution in [2.45, 2.75) is 20.3 Å². The number of aryl methyl sites for hydroxylation is 1. The van der Waals surface area contributed by atoms with Crippen LogP contribution in [0.25, 0.3) is 0 Å². The van der Waals surface area contributed by atoms with E-state index in [0.29, 0.717) is 28.4 Å². The lowest BCUT2D eigenvalue weighted by Crippen LogP contribution is -2.12. The number of hydrogen-bond donors (Lipinski definition) is 1. The Morgan fingerprint density at radius 2 is 1.81 bits per heavy atom. The van der Waals surface area contributed by atoms with Crippen LogP contribution in [0, 0.1) is 0 Å². The van der Waals surface area contributed by atoms with Crippen LogP contribution >= 0.6 is 11.6 Å². The first-order chi connectivity index (χ1) is 9.99. The van der Waals surface area contributed by atoms with Crippen LogP contribution in [0.4, 0.5) is 5.69 Å². The molecule has 1 N–H and O–H groups in total. The molecule has 0 spiro atoms. The zero-order chi connectivity index (χ0) is 15.4. The summed E-state index contributed by atoms with van der Waals surface area (Å²) in [5.41, 5.74) is 2.45. The number of benzene rings is 1. The minimum atomic E-state index is -0.260. The van der Waals surface area contributed by atoms with E-state index in [1.807, 2.05) is 6.92 Å². The Kier molecular flexibility index (Phi) is 4.70. The third kappa shape index (κ3) is 3.89. The van der Waals surface area contributed by atoms with Gasteiger partial charge in [0.15, 0.2) is 5.78 Å². The third-order valence-corrected chi connectivity index (χ3v) is 3.21. The molecule has 108 valence electrons. The molecule has 21 heavy (non-hydrogen) atoms. The fraction of sp³-hybridized carbons (Fsp3) is 0.188. The molecule has 5 heteroatoms. The molecular formula is C16H15ClN2O2. The summed E-state index contributed by atoms with van der Waals surface area (Å²) in [7, 11) is 0. The number of ketones is 1. The lowest BCUT2D eigenvalue weighted by atomic mass is 10.1. The van der Waals surface area contributed by atoms with Crippen molar-refractivity contribution in [3.05, 3.63) is 58.4 Å². The molecule has 1 amide bonds. The molecule has 0 unspecified atom stereocenters. The van der Waals surface area contributed by atoms with Gasteiger partial charge in [0.1, 0.15) is 5.15 Å². The highest BCUT2D eigenvalue weighted by molar-refractivity contribution is 6.29. The van der Waals surface area contributed by atoms with E-state index in [9.17, 15) is 9.59 Å². The first-order valence-electron chi connectivity index (χ1n) is 6.58. The van der Waals surface area contributed by atoms with Crippen LogP contribution in [0.3, 0.4) is 0 Å². The molecule has 1 aromatic heterocycles. The van der Waals surface area contributed by atoms with Crippen molar-refractivity contribution in [1.82, 2.24) is 4.98 Å². The van der Waals surface area contributed by atoms with E-state index in [0.717, 1.165) is 5.69 Å². The standard InChI is InChI=1S/C16H15ClN2O2/c1-3-13-8-12(9-15(17)18-13)16(21)19-14-6-4-11(5-7-14)10(2)20/h4-9H,3H2,1-2H3,(H,19,21). The lowest BCUT2D eigenvalue weighted by Gasteiger charge is -2.07. The van der Waals surface area contributed by atoms with E-state index in [1.54, 1.807) is 30.3 Å². The summed E-state index contributed by atoms with van der Waals surface area (Å²) < 4.78 is 0. The SMILES string of the molecule is CCc1cc(C(=O)Nc2ccc(C(C)=O)cc2)cc(Cl)n1. The first-order valence-corrected chi connectivity index (χ1v) is 6.96. The third-order valence-electron chi connectivity index (χ3n) is 3.02. The van der Waals surface area contributed by atoms with Gasteiger partial charge in [-0.2, -0.15) is 0 Å². The van der Waals surface area contributed by atoms with Gasteiger partial charge in [0, 0.05) is 22.5 Å². The summed E-state index contributed by atoms with van der Waals surface area (Å²) in [6.07, 6.45) is 0.703. The maximum Gasteiger partial charge on any atom is 0.255 e. The molecule has 2 aromatic rings. The molecule has 0 saturated carbocycles. The molecule has 1 aromatic carbocycles. The zero-order valence-corrected chi connectivity index (χ0v) is 12.6. The molecule has 0 atom stereocenters. The van der Waals surface area contributed by atoms with E-state index < -0.39 is 0 Å². The topological polar surface area (TPSA) is 59.1 Å². The Bertz CT molecular complexity index is 681. The Balaban J connectivity index is 2.17. The number of aromatic nitrogens is 1. The highest BCUT2D eigenvalue weighted by atomic mass is 35.5. The summed E-state index contributed by atoms with van der Waals surface area (Å²) in [5.74, 6) is -0.272. The maximum absolute atomic E-state index is 12.2. The van der Waals surface area contributed by atoms with E-state index in [-0.39, 0.29) is 11.7 Å². The molecule has 0 aliphatic heterocycles. The highest BCUT2D eigenvalue weighted by Crippen LogP contribution is 2.15. The minimum Gasteiger partial charge on any atom is -0.322 e. The number of nitrogens with one attached hydrogen (secondary N) is 1. The molecule has 0 bridgehead atoms. The van der Waals surface area contributed by atoms with E-state index >= 15 is 0 Å². The second-order valence-electron chi connectivity index (χ2n) is 4.61. The Hall–Kier alpha value is -2.20. The van der Waals surface area contributed by atoms with Gasteiger partial charge in [0.25, 0.3) is 5.91 Å². The Labute approximate surface area is 128 Å². The molecular weight excluding hydrogens is 288 g/mol. The zero-order valence-electron chi connectivity index (χ0n) is 11.8. The van der Waals surface area contributed by atoms with Gasteiger partial charge in [-0.3, -0.25) is 9.59 Å². The van der Waals surface area contributed by atoms with Gasteiger partial charge >= 0.3 is 0 Å². The molecule has 1 heterocycles. The van der Waals surface area contributed by atoms with Crippen LogP contribution in [0.2, 0.25) is 5.15 Å². The Morgan fingerprint density at radius 1 is 1.14 bits per heavy atom. The van der Waals surface area contributed by atoms with Crippen LogP contribution < -0.4 is 5.32 Å². The van der Waals surface area contributed by atoms with Crippen LogP contribution in [-0.4, -0.2) is 16.7 Å². The largest absolute Gasteiger partial charge is 0.322 e. The lowest BCUT2D eigenvalue weighted by molar-refractivity contribution is 0.101. The van der Waals surface area contributed by atoms with Crippen molar-refractivity contribution in [3.63, 3.8) is 0 Å². The van der Waals surface area contributed by atoms with Crippen molar-refractivity contribution in [1.29, 1.82) is 0 Å². The summed E-state index contributed by atoms with van der Waals surface area (Å²) in [5, 5.41) is 3.06. The minimum absolute atomic E-state index is 0.0126. The number of rotatable bonds is 4. The fourth-order valence-corrected chi connectivity index (χ4v) is 2.08. The fourth-order valence-electron chi connectivity index (χ4n) is 1.85. The van der Waals surface area contributed by atoms with Gasteiger partial charge in [-0.15, -0.1) is 0 Å². The molecule has 0 saturated heterocycles. The van der Waals surface area contributed by atoms with Gasteiger partial charge in [-0.1, -0.05) is 18.5 Å². The van der Waals surface area contributed by atoms with Gasteiger partial charge in [-0.05, 0) is 49.7 Å². The number of amides is 1. The monoisotopic (exact) mass is 302 g/mol. The van der Waals surface area contributed by atoms with Crippen molar-refractivity contribution in [2.75, 3.05) is 5.32 Å². The summed E-state index contributed by atoms with van der Waals surface area (Å²) in [4.78, 5) is 27.5. The van der Waals surface area contributed by atoms with E-state index in [1.165, 1.54) is 13.0 Å². The maximum atomic E-state index is 12.2. The summed E-state index contributed by atoms with van der Waals surface area (Å²) in [6.45, 7) is 3.44. The number of pyridine rings is 1. The first kappa shape index (κ1) is 15.2. The summed E-state index contributed by atoms with van der Waals surface area (Å²) >= 11 is 5.90. The predicted octanol–water partition coefficient (Wildman–Crippen LogP) is 3.75. The van der Waals surface area contributed by atoms with Crippen LogP contribution in [0.1, 0.15) is 40.3 Å². The predicted molar refractivity (Wildman–Crippen MR) is 83.0 cm³/mol. The van der Waals surface area contributed by atoms with Crippen molar-refractivity contribution >= 4 is 29.0 Å². The van der Waals surface area contributed by atoms with Gasteiger partial charge in [0.2, 0.25) is 0 Å². The van der Waals surface area contributed by atoms with Crippen LogP contribution in [0.15, 0.2) is 36.4 Å². The van der Waals surface area contributed by atoms with Crippen LogP contribution in [0.5, 0.6) is 0 Å². The van der Waals surface area contributed by atoms with Crippen molar-refractivity contribution < 1.29 is 9.59 Å². The molecule has 2 rings (SSSR count). The van der Waals surface area contributed by atoms with Gasteiger partial charge in [0.05, 0.1) is 0 Å². The second-order valence-corrected chi connectivity index (χ2v) is 5.00. The normalized spacial score (nSPS) is 10.2. The molecule has 4 nitrogen and oxygen atoms in total. The molecule has 0 radical (unpaired) electrons. The average molecular weight is 303 g/mol. The number of anilines is 1. The number of halogens is 1. The molecule has 0 fully saturated rings. The number of Topliss-reactive ketones (excluding diaryl/α,β-unsaturated/α-hetero) is 1. The number of carbonyl (C=O) groups excluding carboxylic acids is 2. The summed E-state index contributed by atoms with van der Waals surface area (Å²) in [6, 6.07) is 9.98. The van der Waals surface area contributed by atoms with Crippen molar-refractivity contribution in [3.8, 4) is 0 Å². The number of nitrogens with zero attached hydrogens (tertiary/aromatic N) is 1. The van der Waals surface area contributed by atoms with Crippen LogP contribution in [-0.2, 0) is 6.42 Å².